The average Bonchev–Trinajstić information content (AvgIpc) is 2.11. The summed E-state index contributed by atoms with van der Waals surface area (Å²) in [5.74, 6) is 0.182. The normalized spacial score (nSPS) is 26.7. The van der Waals surface area contributed by atoms with E-state index in [-0.39, 0.29) is 5.91 Å². The van der Waals surface area contributed by atoms with E-state index in [0.29, 0.717) is 6.42 Å². The van der Waals surface area contributed by atoms with Crippen LogP contribution in [-0.4, -0.2) is 24.4 Å². The Kier molecular flexibility index (Phi) is 3.53. The Morgan fingerprint density at radius 3 is 3.08 bits per heavy atom. The smallest absolute Gasteiger partial charge is 0.226 e. The number of carbonyl (C=O) groups is 1. The third-order valence-electron chi connectivity index (χ3n) is 1.82. The van der Waals surface area contributed by atoms with E-state index in [1.807, 2.05) is 25.3 Å². The second-order valence-electron chi connectivity index (χ2n) is 2.81. The predicted octanol–water partition coefficient (Wildman–Crippen LogP) is 2.07. The van der Waals surface area contributed by atoms with Crippen LogP contribution in [0.5, 0.6) is 0 Å². The zero-order valence-corrected chi connectivity index (χ0v) is 8.67. The lowest BCUT2D eigenvalue weighted by Crippen LogP contribution is -2.26. The molecule has 0 aliphatic carbocycles. The molecular formula is C9H12BrNO. The highest BCUT2D eigenvalue weighted by Crippen LogP contribution is 2.12. The molecule has 1 aliphatic rings. The first-order chi connectivity index (χ1) is 5.70. The third-order valence-corrected chi connectivity index (χ3v) is 2.48. The van der Waals surface area contributed by atoms with Crippen LogP contribution < -0.4 is 0 Å². The molecule has 0 aromatic heterocycles. The molecule has 1 heterocycles. The first-order valence-electron chi connectivity index (χ1n) is 3.95. The maximum atomic E-state index is 11.3. The second kappa shape index (κ2) is 4.45. The van der Waals surface area contributed by atoms with Gasteiger partial charge in [0.1, 0.15) is 0 Å². The highest BCUT2D eigenvalue weighted by Gasteiger charge is 2.07. The number of halogens is 1. The van der Waals surface area contributed by atoms with Gasteiger partial charge in [-0.1, -0.05) is 34.2 Å². The summed E-state index contributed by atoms with van der Waals surface area (Å²) in [7, 11) is 1.84. The molecule has 0 fully saturated rings. The van der Waals surface area contributed by atoms with E-state index in [0.717, 1.165) is 17.4 Å². The van der Waals surface area contributed by atoms with Gasteiger partial charge < -0.3 is 4.90 Å². The minimum Gasteiger partial charge on any atom is -0.345 e. The summed E-state index contributed by atoms with van der Waals surface area (Å²) in [6, 6.07) is 0. The van der Waals surface area contributed by atoms with E-state index < -0.39 is 0 Å². The fourth-order valence-electron chi connectivity index (χ4n) is 0.980. The zero-order chi connectivity index (χ0) is 8.97. The van der Waals surface area contributed by atoms with Crippen LogP contribution in [0.15, 0.2) is 22.7 Å². The molecule has 1 amide bonds. The van der Waals surface area contributed by atoms with Gasteiger partial charge in [-0.25, -0.2) is 0 Å². The first kappa shape index (κ1) is 9.52. The lowest BCUT2D eigenvalue weighted by atomic mass is 10.3. The standard InChI is InChI=1S/C9H12BrNO/c1-11-7-6-8(10)4-2-3-5-9(11)12/h2-4H,5-7H2,1H3/b3-2-,8-4+. The zero-order valence-electron chi connectivity index (χ0n) is 7.09. The van der Waals surface area contributed by atoms with Gasteiger partial charge >= 0.3 is 0 Å². The summed E-state index contributed by atoms with van der Waals surface area (Å²) in [4.78, 5) is 13.0. The highest BCUT2D eigenvalue weighted by atomic mass is 79.9. The van der Waals surface area contributed by atoms with Crippen molar-refractivity contribution in [3.8, 4) is 0 Å². The molecule has 0 saturated heterocycles. The molecule has 0 aromatic rings. The molecule has 0 radical (unpaired) electrons. The summed E-state index contributed by atoms with van der Waals surface area (Å²) in [6.45, 7) is 0.789. The topological polar surface area (TPSA) is 20.3 Å². The van der Waals surface area contributed by atoms with E-state index >= 15 is 0 Å². The Morgan fingerprint density at radius 1 is 1.58 bits per heavy atom. The van der Waals surface area contributed by atoms with E-state index in [4.69, 9.17) is 0 Å². The third kappa shape index (κ3) is 2.81. The monoisotopic (exact) mass is 229 g/mol. The molecule has 66 valence electrons. The van der Waals surface area contributed by atoms with Crippen LogP contribution in [-0.2, 0) is 4.79 Å². The van der Waals surface area contributed by atoms with Gasteiger partial charge in [0.25, 0.3) is 0 Å². The molecule has 12 heavy (non-hydrogen) atoms. The molecular weight excluding hydrogens is 218 g/mol. The number of carbonyl (C=O) groups excluding carboxylic acids is 1. The van der Waals surface area contributed by atoms with E-state index in [2.05, 4.69) is 15.9 Å². The molecule has 1 rings (SSSR count). The molecule has 1 aliphatic heterocycles. The number of amides is 1. The van der Waals surface area contributed by atoms with Crippen molar-refractivity contribution in [2.45, 2.75) is 12.8 Å². The van der Waals surface area contributed by atoms with E-state index in [1.165, 1.54) is 0 Å². The van der Waals surface area contributed by atoms with Gasteiger partial charge in [0, 0.05) is 20.0 Å². The quantitative estimate of drug-likeness (QED) is 0.623. The molecule has 0 atom stereocenters. The Morgan fingerprint density at radius 2 is 2.33 bits per heavy atom. The van der Waals surface area contributed by atoms with Crippen LogP contribution >= 0.6 is 15.9 Å². The lowest BCUT2D eigenvalue weighted by Gasteiger charge is -2.14. The van der Waals surface area contributed by atoms with Crippen molar-refractivity contribution in [1.29, 1.82) is 0 Å². The number of hydrogen-bond acceptors (Lipinski definition) is 1. The molecule has 0 unspecified atom stereocenters. The van der Waals surface area contributed by atoms with Gasteiger partial charge in [0.05, 0.1) is 0 Å². The molecule has 0 N–H and O–H groups in total. The summed E-state index contributed by atoms with van der Waals surface area (Å²) in [5, 5.41) is 0. The lowest BCUT2D eigenvalue weighted by molar-refractivity contribution is -0.128. The Labute approximate surface area is 81.1 Å². The van der Waals surface area contributed by atoms with Crippen LogP contribution in [0.3, 0.4) is 0 Å². The minimum atomic E-state index is 0.182. The number of nitrogens with zero attached hydrogens (tertiary/aromatic N) is 1. The Balaban J connectivity index is 2.65. The molecule has 0 aromatic carbocycles. The van der Waals surface area contributed by atoms with Gasteiger partial charge in [0.2, 0.25) is 5.91 Å². The molecule has 0 spiro atoms. The summed E-state index contributed by atoms with van der Waals surface area (Å²) in [5.41, 5.74) is 0. The highest BCUT2D eigenvalue weighted by molar-refractivity contribution is 9.11. The second-order valence-corrected chi connectivity index (χ2v) is 3.83. The number of hydrogen-bond donors (Lipinski definition) is 0. The van der Waals surface area contributed by atoms with Crippen LogP contribution in [0.4, 0.5) is 0 Å². The fourth-order valence-corrected chi connectivity index (χ4v) is 1.31. The minimum absolute atomic E-state index is 0.182. The van der Waals surface area contributed by atoms with Crippen LogP contribution in [0.2, 0.25) is 0 Å². The summed E-state index contributed by atoms with van der Waals surface area (Å²) < 4.78 is 1.14. The summed E-state index contributed by atoms with van der Waals surface area (Å²) in [6.07, 6.45) is 7.19. The van der Waals surface area contributed by atoms with Crippen molar-refractivity contribution in [2.75, 3.05) is 13.6 Å². The van der Waals surface area contributed by atoms with Crippen molar-refractivity contribution in [1.82, 2.24) is 4.90 Å². The van der Waals surface area contributed by atoms with E-state index in [1.54, 1.807) is 4.90 Å². The SMILES string of the molecule is CN1CC/C(Br)=C\C=C/CC1=O. The van der Waals surface area contributed by atoms with Crippen LogP contribution in [0, 0.1) is 0 Å². The largest absolute Gasteiger partial charge is 0.345 e. The van der Waals surface area contributed by atoms with Crippen LogP contribution in [0.1, 0.15) is 12.8 Å². The maximum Gasteiger partial charge on any atom is 0.226 e. The fraction of sp³-hybridized carbons (Fsp3) is 0.444. The van der Waals surface area contributed by atoms with Crippen molar-refractivity contribution in [3.05, 3.63) is 22.7 Å². The summed E-state index contributed by atoms with van der Waals surface area (Å²) >= 11 is 3.43. The number of allylic oxidation sites excluding steroid dienone is 2. The first-order valence-corrected chi connectivity index (χ1v) is 4.74. The van der Waals surface area contributed by atoms with Gasteiger partial charge in [-0.15, -0.1) is 0 Å². The van der Waals surface area contributed by atoms with Gasteiger partial charge in [-0.2, -0.15) is 0 Å². The Hall–Kier alpha value is -0.570. The van der Waals surface area contributed by atoms with E-state index in [9.17, 15) is 4.79 Å². The molecule has 0 bridgehead atoms. The van der Waals surface area contributed by atoms with Gasteiger partial charge in [-0.3, -0.25) is 4.79 Å². The predicted molar refractivity (Wildman–Crippen MR) is 53.0 cm³/mol. The number of rotatable bonds is 0. The average molecular weight is 230 g/mol. The van der Waals surface area contributed by atoms with Crippen molar-refractivity contribution in [2.24, 2.45) is 0 Å². The van der Waals surface area contributed by atoms with Crippen molar-refractivity contribution < 1.29 is 4.79 Å². The van der Waals surface area contributed by atoms with Gasteiger partial charge in [-0.05, 0) is 10.9 Å². The van der Waals surface area contributed by atoms with Crippen molar-refractivity contribution >= 4 is 21.8 Å². The van der Waals surface area contributed by atoms with Gasteiger partial charge in [0.15, 0.2) is 0 Å². The maximum absolute atomic E-state index is 11.3. The molecule has 2 nitrogen and oxygen atoms in total. The Bertz CT molecular complexity index is 233. The van der Waals surface area contributed by atoms with Crippen LogP contribution in [0.25, 0.3) is 0 Å². The molecule has 0 saturated carbocycles. The molecule has 3 heteroatoms. The van der Waals surface area contributed by atoms with Crippen molar-refractivity contribution in [3.63, 3.8) is 0 Å².